The molecule has 0 aliphatic rings. The first-order valence-corrected chi connectivity index (χ1v) is 6.92. The Bertz CT molecular complexity index is 471. The third kappa shape index (κ3) is 4.14. The van der Waals surface area contributed by atoms with Crippen molar-refractivity contribution in [1.82, 2.24) is 4.72 Å². The number of alkyl halides is 1. The van der Waals surface area contributed by atoms with Crippen LogP contribution in [0.15, 0.2) is 41.3 Å². The summed E-state index contributed by atoms with van der Waals surface area (Å²) < 4.78 is 25.8. The van der Waals surface area contributed by atoms with Crippen LogP contribution in [0.5, 0.6) is 0 Å². The van der Waals surface area contributed by atoms with Crippen LogP contribution in [0.4, 0.5) is 0 Å². The molecule has 6 heteroatoms. The smallest absolute Gasteiger partial charge is 0.207 e. The number of nitrogens with one attached hydrogen (secondary N) is 1. The maximum Gasteiger partial charge on any atom is 0.240 e. The standard InChI is InChI=1S/C10H11Cl2NO2S/c11-6-1-2-7-13-16(14,15)10-5-3-4-9(12)8-10/h1-5,8,13H,6-7H2/b2-1+. The van der Waals surface area contributed by atoms with Crippen molar-refractivity contribution < 1.29 is 8.42 Å². The molecule has 0 amide bonds. The molecule has 88 valence electrons. The van der Waals surface area contributed by atoms with Gasteiger partial charge in [0.2, 0.25) is 10.0 Å². The Kier molecular flexibility index (Phi) is 5.28. The fourth-order valence-electron chi connectivity index (χ4n) is 1.02. The van der Waals surface area contributed by atoms with E-state index in [9.17, 15) is 8.42 Å². The maximum atomic E-state index is 11.7. The largest absolute Gasteiger partial charge is 0.240 e. The topological polar surface area (TPSA) is 46.2 Å². The van der Waals surface area contributed by atoms with Crippen molar-refractivity contribution in [3.8, 4) is 0 Å². The molecule has 0 spiro atoms. The summed E-state index contributed by atoms with van der Waals surface area (Å²) in [6.45, 7) is 0.210. The van der Waals surface area contributed by atoms with Gasteiger partial charge in [-0.2, -0.15) is 0 Å². The molecular formula is C10H11Cl2NO2S. The molecule has 0 saturated heterocycles. The van der Waals surface area contributed by atoms with Crippen molar-refractivity contribution in [2.24, 2.45) is 0 Å². The van der Waals surface area contributed by atoms with Crippen molar-refractivity contribution in [1.29, 1.82) is 0 Å². The first-order valence-electron chi connectivity index (χ1n) is 4.52. The zero-order chi connectivity index (χ0) is 12.0. The second kappa shape index (κ2) is 6.25. The molecule has 0 heterocycles. The van der Waals surface area contributed by atoms with Crippen molar-refractivity contribution in [3.63, 3.8) is 0 Å². The number of hydrogen-bond donors (Lipinski definition) is 1. The van der Waals surface area contributed by atoms with Crippen LogP contribution in [-0.4, -0.2) is 20.8 Å². The Morgan fingerprint density at radius 3 is 2.69 bits per heavy atom. The Balaban J connectivity index is 2.75. The molecule has 1 N–H and O–H groups in total. The number of allylic oxidation sites excluding steroid dienone is 1. The zero-order valence-electron chi connectivity index (χ0n) is 8.36. The fraction of sp³-hybridized carbons (Fsp3) is 0.200. The number of rotatable bonds is 5. The van der Waals surface area contributed by atoms with E-state index in [2.05, 4.69) is 4.72 Å². The monoisotopic (exact) mass is 279 g/mol. The minimum atomic E-state index is -3.49. The van der Waals surface area contributed by atoms with E-state index in [1.807, 2.05) is 0 Å². The van der Waals surface area contributed by atoms with E-state index >= 15 is 0 Å². The van der Waals surface area contributed by atoms with Crippen molar-refractivity contribution in [2.45, 2.75) is 4.90 Å². The van der Waals surface area contributed by atoms with Gasteiger partial charge in [-0.05, 0) is 18.2 Å². The third-order valence-corrected chi connectivity index (χ3v) is 3.59. The van der Waals surface area contributed by atoms with Crippen LogP contribution in [0.25, 0.3) is 0 Å². The quantitative estimate of drug-likeness (QED) is 0.665. The first-order chi connectivity index (χ1) is 7.56. The molecule has 0 radical (unpaired) electrons. The summed E-state index contributed by atoms with van der Waals surface area (Å²) in [7, 11) is -3.49. The van der Waals surface area contributed by atoms with E-state index in [4.69, 9.17) is 23.2 Å². The summed E-state index contributed by atoms with van der Waals surface area (Å²) in [4.78, 5) is 0.152. The number of halogens is 2. The van der Waals surface area contributed by atoms with Crippen LogP contribution in [-0.2, 0) is 10.0 Å². The lowest BCUT2D eigenvalue weighted by Gasteiger charge is -2.04. The molecule has 1 aromatic carbocycles. The van der Waals surface area contributed by atoms with Gasteiger partial charge in [0.15, 0.2) is 0 Å². The normalized spacial score (nSPS) is 12.1. The second-order valence-corrected chi connectivity index (χ2v) is 5.45. The van der Waals surface area contributed by atoms with Crippen molar-refractivity contribution in [3.05, 3.63) is 41.4 Å². The van der Waals surface area contributed by atoms with Gasteiger partial charge >= 0.3 is 0 Å². The van der Waals surface area contributed by atoms with E-state index in [0.29, 0.717) is 10.9 Å². The van der Waals surface area contributed by atoms with Gasteiger partial charge in [0, 0.05) is 17.4 Å². The van der Waals surface area contributed by atoms with Gasteiger partial charge in [-0.1, -0.05) is 29.8 Å². The molecule has 0 aromatic heterocycles. The molecule has 3 nitrogen and oxygen atoms in total. The van der Waals surface area contributed by atoms with Gasteiger partial charge in [0.25, 0.3) is 0 Å². The summed E-state index contributed by atoms with van der Waals surface area (Å²) in [6, 6.07) is 6.09. The lowest BCUT2D eigenvalue weighted by atomic mass is 10.4. The summed E-state index contributed by atoms with van der Waals surface area (Å²) in [5.74, 6) is 0.360. The van der Waals surface area contributed by atoms with Crippen molar-refractivity contribution in [2.75, 3.05) is 12.4 Å². The van der Waals surface area contributed by atoms with Gasteiger partial charge in [0.1, 0.15) is 0 Å². The third-order valence-electron chi connectivity index (χ3n) is 1.75. The van der Waals surface area contributed by atoms with E-state index in [-0.39, 0.29) is 11.4 Å². The molecule has 16 heavy (non-hydrogen) atoms. The molecule has 0 saturated carbocycles. The highest BCUT2D eigenvalue weighted by Crippen LogP contribution is 2.14. The van der Waals surface area contributed by atoms with Crippen LogP contribution in [0.2, 0.25) is 5.02 Å². The van der Waals surface area contributed by atoms with Crippen LogP contribution < -0.4 is 4.72 Å². The Morgan fingerprint density at radius 2 is 2.06 bits per heavy atom. The molecule has 1 rings (SSSR count). The molecule has 0 fully saturated rings. The van der Waals surface area contributed by atoms with Gasteiger partial charge in [-0.3, -0.25) is 0 Å². The van der Waals surface area contributed by atoms with Gasteiger partial charge < -0.3 is 0 Å². The summed E-state index contributed by atoms with van der Waals surface area (Å²) in [5.41, 5.74) is 0. The lowest BCUT2D eigenvalue weighted by molar-refractivity contribution is 0.585. The molecule has 0 unspecified atom stereocenters. The SMILES string of the molecule is O=S(=O)(NC/C=C/CCl)c1cccc(Cl)c1. The van der Waals surface area contributed by atoms with Crippen LogP contribution in [0.1, 0.15) is 0 Å². The van der Waals surface area contributed by atoms with Gasteiger partial charge in [-0.15, -0.1) is 11.6 Å². The van der Waals surface area contributed by atoms with Gasteiger partial charge in [-0.25, -0.2) is 13.1 Å². The lowest BCUT2D eigenvalue weighted by Crippen LogP contribution is -2.23. The number of hydrogen-bond acceptors (Lipinski definition) is 2. The van der Waals surface area contributed by atoms with E-state index in [1.165, 1.54) is 12.1 Å². The minimum Gasteiger partial charge on any atom is -0.207 e. The highest BCUT2D eigenvalue weighted by Gasteiger charge is 2.12. The predicted molar refractivity (Wildman–Crippen MR) is 66.5 cm³/mol. The average molecular weight is 280 g/mol. The summed E-state index contributed by atoms with van der Waals surface area (Å²) in [6.07, 6.45) is 3.32. The number of sulfonamides is 1. The van der Waals surface area contributed by atoms with E-state index < -0.39 is 10.0 Å². The Morgan fingerprint density at radius 1 is 1.31 bits per heavy atom. The average Bonchev–Trinajstić information content (AvgIpc) is 2.24. The Labute approximate surface area is 105 Å². The van der Waals surface area contributed by atoms with Crippen LogP contribution in [0.3, 0.4) is 0 Å². The molecule has 1 aromatic rings. The maximum absolute atomic E-state index is 11.7. The highest BCUT2D eigenvalue weighted by molar-refractivity contribution is 7.89. The minimum absolute atomic E-state index is 0.152. The zero-order valence-corrected chi connectivity index (χ0v) is 10.7. The summed E-state index contributed by atoms with van der Waals surface area (Å²) in [5, 5.41) is 0.388. The Hall–Kier alpha value is -0.550. The van der Waals surface area contributed by atoms with E-state index in [0.717, 1.165) is 0 Å². The fourth-order valence-corrected chi connectivity index (χ4v) is 2.42. The van der Waals surface area contributed by atoms with Crippen molar-refractivity contribution >= 4 is 33.2 Å². The highest BCUT2D eigenvalue weighted by atomic mass is 35.5. The second-order valence-electron chi connectivity index (χ2n) is 2.93. The first kappa shape index (κ1) is 13.5. The predicted octanol–water partition coefficient (Wildman–Crippen LogP) is 2.41. The van der Waals surface area contributed by atoms with Gasteiger partial charge in [0.05, 0.1) is 4.90 Å². The molecule has 0 atom stereocenters. The molecule has 0 aliphatic heterocycles. The molecular weight excluding hydrogens is 269 g/mol. The van der Waals surface area contributed by atoms with Crippen LogP contribution in [0, 0.1) is 0 Å². The molecule has 0 aliphatic carbocycles. The van der Waals surface area contributed by atoms with E-state index in [1.54, 1.807) is 24.3 Å². The molecule has 0 bridgehead atoms. The summed E-state index contributed by atoms with van der Waals surface area (Å²) >= 11 is 11.1. The number of benzene rings is 1. The van der Waals surface area contributed by atoms with Crippen LogP contribution >= 0.6 is 23.2 Å².